The molecule has 0 saturated carbocycles. The molecule has 0 unspecified atom stereocenters. The van der Waals surface area contributed by atoms with Crippen LogP contribution >= 0.6 is 15.6 Å². The third-order valence-electron chi connectivity index (χ3n) is 0.887. The fourth-order valence-corrected chi connectivity index (χ4v) is 1.53. The van der Waals surface area contributed by atoms with Crippen LogP contribution in [0.15, 0.2) is 0 Å². The molecule has 104 valence electrons. The molecule has 1 aromatic heterocycles. The van der Waals surface area contributed by atoms with E-state index in [-0.39, 0.29) is 56.8 Å². The van der Waals surface area contributed by atoms with Gasteiger partial charge in [0.15, 0.2) is 0 Å². The molecule has 17 heteroatoms. The van der Waals surface area contributed by atoms with Crippen molar-refractivity contribution in [3.63, 3.8) is 0 Å². The number of rotatable bonds is 2. The number of nitrogens with two attached hydrogens (primary N) is 3. The van der Waals surface area contributed by atoms with Gasteiger partial charge in [-0.2, -0.15) is 15.0 Å². The normalized spacial score (nSPS) is 10.4. The SMILES string of the molecule is Nc1nc(N)nc(N)n1.O=P([O-])([O-])OP(=O)([O-])[O-].[Zn+2].[Zn+2]. The molecule has 6 N–H and O–H groups in total. The number of nitrogens with zero attached hydrogens (tertiary/aromatic N) is 3. The zero-order valence-corrected chi connectivity index (χ0v) is 17.5. The van der Waals surface area contributed by atoms with E-state index in [0.29, 0.717) is 0 Å². The maximum atomic E-state index is 9.32. The van der Waals surface area contributed by atoms with Crippen molar-refractivity contribution < 1.29 is 72.0 Å². The minimum atomic E-state index is -5.68. The van der Waals surface area contributed by atoms with Gasteiger partial charge in [-0.1, -0.05) is 0 Å². The molecule has 13 nitrogen and oxygen atoms in total. The molecule has 1 rings (SSSR count). The second kappa shape index (κ2) is 9.78. The van der Waals surface area contributed by atoms with Crippen molar-refractivity contribution in [1.29, 1.82) is 0 Å². The quantitative estimate of drug-likeness (QED) is 0.294. The molecule has 0 spiro atoms. The smallest absolute Gasteiger partial charge is 0.790 e. The van der Waals surface area contributed by atoms with Crippen molar-refractivity contribution in [2.45, 2.75) is 0 Å². The Morgan fingerprint density at radius 3 is 1.05 bits per heavy atom. The van der Waals surface area contributed by atoms with Crippen molar-refractivity contribution >= 4 is 33.5 Å². The molecule has 1 heterocycles. The van der Waals surface area contributed by atoms with E-state index in [1.165, 1.54) is 0 Å². The Hall–Kier alpha value is -0.0832. The number of anilines is 3. The van der Waals surface area contributed by atoms with Crippen molar-refractivity contribution in [3.8, 4) is 0 Å². The van der Waals surface area contributed by atoms with E-state index in [0.717, 1.165) is 0 Å². The van der Waals surface area contributed by atoms with Crippen LogP contribution in [0.3, 0.4) is 0 Å². The van der Waals surface area contributed by atoms with Crippen LogP contribution in [0.2, 0.25) is 0 Å². The van der Waals surface area contributed by atoms with Crippen molar-refractivity contribution in [3.05, 3.63) is 0 Å². The molecule has 0 amide bonds. The molecule has 20 heavy (non-hydrogen) atoms. The zero-order valence-electron chi connectivity index (χ0n) is 9.74. The van der Waals surface area contributed by atoms with Crippen LogP contribution in [0.1, 0.15) is 0 Å². The maximum Gasteiger partial charge on any atom is 2.00 e. The van der Waals surface area contributed by atoms with E-state index in [1.807, 2.05) is 0 Å². The molecule has 0 aromatic carbocycles. The average molecular weight is 431 g/mol. The Balaban J connectivity index is -0.000000263. The summed E-state index contributed by atoms with van der Waals surface area (Å²) in [6, 6.07) is 0. The fourth-order valence-electron chi connectivity index (χ4n) is 0.550. The third kappa shape index (κ3) is 16.0. The minimum Gasteiger partial charge on any atom is -0.790 e. The number of hydrogen-bond donors (Lipinski definition) is 3. The van der Waals surface area contributed by atoms with Gasteiger partial charge in [0, 0.05) is 0 Å². The summed E-state index contributed by atoms with van der Waals surface area (Å²) in [6.07, 6.45) is 0. The minimum absolute atomic E-state index is 0. The van der Waals surface area contributed by atoms with Crippen molar-refractivity contribution in [2.75, 3.05) is 17.2 Å². The van der Waals surface area contributed by atoms with Crippen LogP contribution in [-0.2, 0) is 52.4 Å². The number of phosphoric acid groups is 2. The summed E-state index contributed by atoms with van der Waals surface area (Å²) in [5.41, 5.74) is 15.4. The standard InChI is InChI=1S/C3H6N6.H4O7P2.2Zn/c4-1-7-2(5)9-3(6)8-1;1-8(2,3)7-9(4,5)6;;/h(H6,4,5,6,7,8,9);(H2,1,2,3)(H2,4,5,6);;/q;;2*+2/p-4. The predicted octanol–water partition coefficient (Wildman–Crippen LogP) is -4.73. The number of aromatic nitrogens is 3. The van der Waals surface area contributed by atoms with E-state index in [1.54, 1.807) is 0 Å². The molecule has 1 aromatic rings. The summed E-state index contributed by atoms with van der Waals surface area (Å²) in [5.74, 6) is 0.125. The molecule has 0 aliphatic heterocycles. The van der Waals surface area contributed by atoms with E-state index in [9.17, 15) is 28.7 Å². The van der Waals surface area contributed by atoms with Gasteiger partial charge in [-0.15, -0.1) is 0 Å². The first kappa shape index (κ1) is 24.9. The predicted molar refractivity (Wildman–Crippen MR) is 49.4 cm³/mol. The van der Waals surface area contributed by atoms with E-state index < -0.39 is 15.6 Å². The first-order chi connectivity index (χ1) is 7.89. The Morgan fingerprint density at radius 1 is 0.750 bits per heavy atom. The van der Waals surface area contributed by atoms with Gasteiger partial charge in [0.1, 0.15) is 0 Å². The van der Waals surface area contributed by atoms with Gasteiger partial charge in [-0.25, -0.2) is 0 Å². The zero-order chi connectivity index (χ0) is 14.6. The average Bonchev–Trinajstić information content (AvgIpc) is 1.92. The largest absolute Gasteiger partial charge is 2.00 e. The van der Waals surface area contributed by atoms with Crippen LogP contribution in [0, 0.1) is 0 Å². The van der Waals surface area contributed by atoms with E-state index in [4.69, 9.17) is 17.2 Å². The van der Waals surface area contributed by atoms with Gasteiger partial charge < -0.3 is 50.2 Å². The molecule has 0 aliphatic rings. The van der Waals surface area contributed by atoms with E-state index in [2.05, 4.69) is 19.3 Å². The molecule has 0 radical (unpaired) electrons. The number of hydrogen-bond acceptors (Lipinski definition) is 13. The van der Waals surface area contributed by atoms with Crippen molar-refractivity contribution in [1.82, 2.24) is 15.0 Å². The summed E-state index contributed by atoms with van der Waals surface area (Å²) in [6.45, 7) is 0. The first-order valence-corrected chi connectivity index (χ1v) is 6.59. The summed E-state index contributed by atoms with van der Waals surface area (Å²) < 4.78 is 21.2. The van der Waals surface area contributed by atoms with Crippen LogP contribution in [0.5, 0.6) is 0 Å². The van der Waals surface area contributed by atoms with Crippen LogP contribution in [-0.4, -0.2) is 15.0 Å². The maximum absolute atomic E-state index is 9.32. The monoisotopic (exact) mass is 428 g/mol. The Bertz CT molecular complexity index is 435. The third-order valence-corrected chi connectivity index (χ3v) is 2.49. The molecular formula is C3H6N6O7P2Zn2. The van der Waals surface area contributed by atoms with E-state index >= 15 is 0 Å². The van der Waals surface area contributed by atoms with Crippen LogP contribution in [0.4, 0.5) is 17.8 Å². The first-order valence-electron chi connectivity index (χ1n) is 3.67. The molecule has 0 atom stereocenters. The van der Waals surface area contributed by atoms with Gasteiger partial charge in [0.05, 0.1) is 15.6 Å². The van der Waals surface area contributed by atoms with Gasteiger partial charge in [-0.05, 0) is 0 Å². The second-order valence-corrected chi connectivity index (χ2v) is 4.83. The summed E-state index contributed by atoms with van der Waals surface area (Å²) in [4.78, 5) is 47.8. The molecule has 0 saturated heterocycles. The molecule has 0 bridgehead atoms. The van der Waals surface area contributed by atoms with Gasteiger partial charge in [0.25, 0.3) is 0 Å². The Kier molecular flexibility index (Phi) is 12.2. The van der Waals surface area contributed by atoms with Gasteiger partial charge in [-0.3, -0.25) is 0 Å². The fraction of sp³-hybridized carbons (Fsp3) is 0. The molecular weight excluding hydrogens is 425 g/mol. The van der Waals surface area contributed by atoms with Gasteiger partial charge >= 0.3 is 39.0 Å². The number of nitrogen functional groups attached to an aromatic ring is 3. The van der Waals surface area contributed by atoms with Crippen molar-refractivity contribution in [2.24, 2.45) is 0 Å². The topological polar surface area (TPSA) is 252 Å². The Morgan fingerprint density at radius 2 is 0.950 bits per heavy atom. The second-order valence-electron chi connectivity index (χ2n) is 2.39. The van der Waals surface area contributed by atoms with Gasteiger partial charge in [0.2, 0.25) is 17.8 Å². The molecule has 0 fully saturated rings. The summed E-state index contributed by atoms with van der Waals surface area (Å²) in [5, 5.41) is 0. The van der Waals surface area contributed by atoms with Crippen LogP contribution < -0.4 is 36.8 Å². The Labute approximate surface area is 137 Å². The van der Waals surface area contributed by atoms with Crippen LogP contribution in [0.25, 0.3) is 0 Å². The molecule has 0 aliphatic carbocycles. The summed E-state index contributed by atoms with van der Waals surface area (Å²) in [7, 11) is -11.4. The summed E-state index contributed by atoms with van der Waals surface area (Å²) >= 11 is 0.